The molecule has 3 unspecified atom stereocenters. The minimum absolute atomic E-state index is 0.280. The molecular formula is C24H36N4O4. The maximum atomic E-state index is 13.0. The standard InChI is InChI=1S/C24H36N4O4/c1-17-13-18(2)15-27(14-17)12-6-5-11-25-21(29)16-28-22(30)24(3,26-23(28)31)19-7-9-20(32-4)10-8-19/h7-10,17-18H,5-6,11-16H2,1-4H3,(H,25,29)(H,26,31). The predicted octanol–water partition coefficient (Wildman–Crippen LogP) is 2.34. The topological polar surface area (TPSA) is 91.0 Å². The number of likely N-dealkylation sites (tertiary alicyclic amines) is 1. The van der Waals surface area contributed by atoms with Crippen LogP contribution in [0.25, 0.3) is 0 Å². The van der Waals surface area contributed by atoms with E-state index in [9.17, 15) is 14.4 Å². The van der Waals surface area contributed by atoms with Crippen molar-refractivity contribution < 1.29 is 19.1 Å². The number of carbonyl (C=O) groups is 3. The Morgan fingerprint density at radius 3 is 2.44 bits per heavy atom. The lowest BCUT2D eigenvalue weighted by molar-refractivity contribution is -0.134. The fraction of sp³-hybridized carbons (Fsp3) is 0.625. The van der Waals surface area contributed by atoms with Crippen molar-refractivity contribution >= 4 is 17.8 Å². The van der Waals surface area contributed by atoms with Gasteiger partial charge in [-0.2, -0.15) is 0 Å². The average Bonchev–Trinajstić information content (AvgIpc) is 2.96. The second kappa shape index (κ2) is 10.3. The highest BCUT2D eigenvalue weighted by molar-refractivity contribution is 6.09. The number of urea groups is 1. The minimum Gasteiger partial charge on any atom is -0.497 e. The normalized spacial score (nSPS) is 26.2. The zero-order valence-corrected chi connectivity index (χ0v) is 19.6. The zero-order valence-electron chi connectivity index (χ0n) is 19.6. The third kappa shape index (κ3) is 5.59. The molecule has 0 aromatic heterocycles. The van der Waals surface area contributed by atoms with Crippen LogP contribution < -0.4 is 15.4 Å². The molecule has 2 fully saturated rings. The molecular weight excluding hydrogens is 408 g/mol. The summed E-state index contributed by atoms with van der Waals surface area (Å²) < 4.78 is 5.15. The summed E-state index contributed by atoms with van der Waals surface area (Å²) in [5.41, 5.74) is -0.562. The van der Waals surface area contributed by atoms with E-state index in [1.54, 1.807) is 38.3 Å². The molecule has 0 bridgehead atoms. The first-order valence-corrected chi connectivity index (χ1v) is 11.5. The molecule has 3 atom stereocenters. The van der Waals surface area contributed by atoms with E-state index < -0.39 is 17.5 Å². The number of nitrogens with zero attached hydrogens (tertiary/aromatic N) is 2. The number of rotatable bonds is 9. The third-order valence-corrected chi connectivity index (χ3v) is 6.41. The van der Waals surface area contributed by atoms with Gasteiger partial charge in [-0.1, -0.05) is 26.0 Å². The van der Waals surface area contributed by atoms with Crippen LogP contribution in [0.4, 0.5) is 4.79 Å². The first-order valence-electron chi connectivity index (χ1n) is 11.5. The Hall–Kier alpha value is -2.61. The number of unbranched alkanes of at least 4 members (excludes halogenated alkanes) is 1. The number of piperidine rings is 1. The number of nitrogens with one attached hydrogen (secondary N) is 2. The minimum atomic E-state index is -1.20. The van der Waals surface area contributed by atoms with Gasteiger partial charge in [0.25, 0.3) is 5.91 Å². The molecule has 2 N–H and O–H groups in total. The molecule has 1 aromatic carbocycles. The van der Waals surface area contributed by atoms with E-state index in [0.29, 0.717) is 17.9 Å². The van der Waals surface area contributed by atoms with Gasteiger partial charge in [-0.3, -0.25) is 14.5 Å². The maximum Gasteiger partial charge on any atom is 0.325 e. The van der Waals surface area contributed by atoms with Crippen molar-refractivity contribution in [2.45, 2.75) is 45.6 Å². The molecule has 0 aliphatic carbocycles. The van der Waals surface area contributed by atoms with E-state index in [1.165, 1.54) is 6.42 Å². The van der Waals surface area contributed by atoms with Gasteiger partial charge in [0.1, 0.15) is 17.8 Å². The Labute approximate surface area is 190 Å². The quantitative estimate of drug-likeness (QED) is 0.451. The van der Waals surface area contributed by atoms with Crippen molar-refractivity contribution in [3.05, 3.63) is 29.8 Å². The van der Waals surface area contributed by atoms with E-state index >= 15 is 0 Å². The zero-order chi connectivity index (χ0) is 23.3. The van der Waals surface area contributed by atoms with Crippen molar-refractivity contribution in [2.24, 2.45) is 11.8 Å². The highest BCUT2D eigenvalue weighted by Gasteiger charge is 2.49. The molecule has 1 aromatic rings. The van der Waals surface area contributed by atoms with Crippen LogP contribution in [-0.2, 0) is 15.1 Å². The fourth-order valence-corrected chi connectivity index (χ4v) is 4.82. The molecule has 3 rings (SSSR count). The lowest BCUT2D eigenvalue weighted by atomic mass is 9.92. The molecule has 176 valence electrons. The van der Waals surface area contributed by atoms with Crippen molar-refractivity contribution in [3.8, 4) is 5.75 Å². The molecule has 2 saturated heterocycles. The maximum absolute atomic E-state index is 13.0. The van der Waals surface area contributed by atoms with Gasteiger partial charge in [-0.25, -0.2) is 4.79 Å². The van der Waals surface area contributed by atoms with Crippen LogP contribution in [0.5, 0.6) is 5.75 Å². The number of carbonyl (C=O) groups excluding carboxylic acids is 3. The molecule has 0 radical (unpaired) electrons. The van der Waals surface area contributed by atoms with Crippen LogP contribution in [0, 0.1) is 11.8 Å². The number of amides is 4. The summed E-state index contributed by atoms with van der Waals surface area (Å²) in [6.07, 6.45) is 3.18. The smallest absolute Gasteiger partial charge is 0.325 e. The van der Waals surface area contributed by atoms with Crippen molar-refractivity contribution in [3.63, 3.8) is 0 Å². The van der Waals surface area contributed by atoms with Gasteiger partial charge in [0.15, 0.2) is 0 Å². The Bertz CT molecular complexity index is 818. The van der Waals surface area contributed by atoms with Gasteiger partial charge < -0.3 is 20.3 Å². The summed E-state index contributed by atoms with van der Waals surface area (Å²) in [4.78, 5) is 41.2. The van der Waals surface area contributed by atoms with E-state index in [1.807, 2.05) is 0 Å². The van der Waals surface area contributed by atoms with E-state index in [4.69, 9.17) is 4.74 Å². The number of ether oxygens (including phenoxy) is 1. The van der Waals surface area contributed by atoms with Crippen molar-refractivity contribution in [2.75, 3.05) is 39.8 Å². The monoisotopic (exact) mass is 444 g/mol. The molecule has 0 saturated carbocycles. The number of methoxy groups -OCH3 is 1. The number of imide groups is 1. The molecule has 8 nitrogen and oxygen atoms in total. The summed E-state index contributed by atoms with van der Waals surface area (Å²) in [6, 6.07) is 6.40. The van der Waals surface area contributed by atoms with Gasteiger partial charge in [0.05, 0.1) is 7.11 Å². The molecule has 8 heteroatoms. The van der Waals surface area contributed by atoms with Gasteiger partial charge in [-0.05, 0) is 62.3 Å². The molecule has 4 amide bonds. The van der Waals surface area contributed by atoms with Crippen molar-refractivity contribution in [1.29, 1.82) is 0 Å². The lowest BCUT2D eigenvalue weighted by Crippen LogP contribution is -2.43. The Morgan fingerprint density at radius 1 is 1.16 bits per heavy atom. The Kier molecular flexibility index (Phi) is 7.77. The largest absolute Gasteiger partial charge is 0.497 e. The van der Waals surface area contributed by atoms with Gasteiger partial charge in [0.2, 0.25) is 5.91 Å². The van der Waals surface area contributed by atoms with Gasteiger partial charge in [-0.15, -0.1) is 0 Å². The summed E-state index contributed by atoms with van der Waals surface area (Å²) in [7, 11) is 1.56. The summed E-state index contributed by atoms with van der Waals surface area (Å²) in [5, 5.41) is 5.56. The summed E-state index contributed by atoms with van der Waals surface area (Å²) >= 11 is 0. The second-order valence-corrected chi connectivity index (χ2v) is 9.44. The Balaban J connectivity index is 1.43. The first-order chi connectivity index (χ1) is 15.2. The van der Waals surface area contributed by atoms with Crippen LogP contribution in [0.3, 0.4) is 0 Å². The molecule has 32 heavy (non-hydrogen) atoms. The number of hydrogen-bond donors (Lipinski definition) is 2. The van der Waals surface area contributed by atoms with E-state index in [-0.39, 0.29) is 12.5 Å². The average molecular weight is 445 g/mol. The highest BCUT2D eigenvalue weighted by atomic mass is 16.5. The van der Waals surface area contributed by atoms with Crippen LogP contribution >= 0.6 is 0 Å². The third-order valence-electron chi connectivity index (χ3n) is 6.41. The Morgan fingerprint density at radius 2 is 1.81 bits per heavy atom. The van der Waals surface area contributed by atoms with Crippen LogP contribution in [0.2, 0.25) is 0 Å². The SMILES string of the molecule is COc1ccc(C2(C)NC(=O)N(CC(=O)NCCCCN3CC(C)CC(C)C3)C2=O)cc1. The molecule has 2 aliphatic heterocycles. The predicted molar refractivity (Wildman–Crippen MR) is 122 cm³/mol. The molecule has 2 aliphatic rings. The number of benzene rings is 1. The molecule has 0 spiro atoms. The van der Waals surface area contributed by atoms with Crippen molar-refractivity contribution in [1.82, 2.24) is 20.4 Å². The van der Waals surface area contributed by atoms with Gasteiger partial charge in [0, 0.05) is 19.6 Å². The van der Waals surface area contributed by atoms with Gasteiger partial charge >= 0.3 is 6.03 Å². The van der Waals surface area contributed by atoms with Crippen LogP contribution in [0.15, 0.2) is 24.3 Å². The number of hydrogen-bond acceptors (Lipinski definition) is 5. The summed E-state index contributed by atoms with van der Waals surface area (Å²) in [6.45, 7) is 9.85. The second-order valence-electron chi connectivity index (χ2n) is 9.44. The lowest BCUT2D eigenvalue weighted by Gasteiger charge is -2.34. The van der Waals surface area contributed by atoms with E-state index in [0.717, 1.165) is 49.2 Å². The molecule has 2 heterocycles. The first kappa shape index (κ1) is 24.0. The summed E-state index contributed by atoms with van der Waals surface area (Å²) in [5.74, 6) is 1.39. The fourth-order valence-electron chi connectivity index (χ4n) is 4.82. The van der Waals surface area contributed by atoms with E-state index in [2.05, 4.69) is 29.4 Å². The van der Waals surface area contributed by atoms with Crippen LogP contribution in [-0.4, -0.2) is 67.5 Å². The highest BCUT2D eigenvalue weighted by Crippen LogP contribution is 2.29. The van der Waals surface area contributed by atoms with Crippen LogP contribution in [0.1, 0.15) is 45.6 Å².